The molecule has 0 aliphatic carbocycles. The van der Waals surface area contributed by atoms with Crippen LogP contribution in [0.5, 0.6) is 0 Å². The summed E-state index contributed by atoms with van der Waals surface area (Å²) in [6, 6.07) is 0.0545. The van der Waals surface area contributed by atoms with Crippen LogP contribution in [-0.4, -0.2) is 47.8 Å². The highest BCUT2D eigenvalue weighted by atomic mass is 16.5. The fraction of sp³-hybridized carbons (Fsp3) is 0.909. The molecule has 2 rings (SSSR count). The molecule has 0 aromatic carbocycles. The SMILES string of the molecule is O=C(CC1CCCO1)N1CCCC1CO. The number of carbonyl (C=O) groups excluding carboxylic acids is 1. The van der Waals surface area contributed by atoms with Crippen LogP contribution < -0.4 is 0 Å². The summed E-state index contributed by atoms with van der Waals surface area (Å²) in [6.07, 6.45) is 4.65. The van der Waals surface area contributed by atoms with Gasteiger partial charge in [0, 0.05) is 13.2 Å². The first kappa shape index (κ1) is 10.9. The van der Waals surface area contributed by atoms with Crippen molar-refractivity contribution in [3.8, 4) is 0 Å². The Morgan fingerprint density at radius 1 is 1.40 bits per heavy atom. The van der Waals surface area contributed by atoms with E-state index < -0.39 is 0 Å². The van der Waals surface area contributed by atoms with Gasteiger partial charge in [-0.15, -0.1) is 0 Å². The Bertz CT molecular complexity index is 226. The molecule has 2 aliphatic rings. The molecule has 2 heterocycles. The highest BCUT2D eigenvalue weighted by Crippen LogP contribution is 2.21. The largest absolute Gasteiger partial charge is 0.394 e. The normalized spacial score (nSPS) is 31.1. The van der Waals surface area contributed by atoms with Gasteiger partial charge in [-0.3, -0.25) is 4.79 Å². The van der Waals surface area contributed by atoms with Gasteiger partial charge in [-0.2, -0.15) is 0 Å². The monoisotopic (exact) mass is 213 g/mol. The first-order valence-electron chi connectivity index (χ1n) is 5.83. The van der Waals surface area contributed by atoms with Crippen molar-refractivity contribution in [2.45, 2.75) is 44.2 Å². The number of aliphatic hydroxyl groups is 1. The first-order valence-corrected chi connectivity index (χ1v) is 5.83. The van der Waals surface area contributed by atoms with E-state index in [2.05, 4.69) is 0 Å². The molecule has 0 saturated carbocycles. The smallest absolute Gasteiger partial charge is 0.225 e. The molecule has 0 aromatic heterocycles. The maximum absolute atomic E-state index is 11.9. The van der Waals surface area contributed by atoms with Crippen molar-refractivity contribution in [3.63, 3.8) is 0 Å². The average Bonchev–Trinajstić information content (AvgIpc) is 2.86. The van der Waals surface area contributed by atoms with Crippen LogP contribution in [0, 0.1) is 0 Å². The van der Waals surface area contributed by atoms with Gasteiger partial charge in [0.2, 0.25) is 5.91 Å². The average molecular weight is 213 g/mol. The molecule has 15 heavy (non-hydrogen) atoms. The predicted molar refractivity (Wildman–Crippen MR) is 55.4 cm³/mol. The molecule has 1 N–H and O–H groups in total. The topological polar surface area (TPSA) is 49.8 Å². The summed E-state index contributed by atoms with van der Waals surface area (Å²) in [5.74, 6) is 0.151. The molecule has 2 aliphatic heterocycles. The second kappa shape index (κ2) is 4.94. The molecule has 0 spiro atoms. The number of carbonyl (C=O) groups is 1. The summed E-state index contributed by atoms with van der Waals surface area (Å²) in [5.41, 5.74) is 0. The Morgan fingerprint density at radius 3 is 2.93 bits per heavy atom. The van der Waals surface area contributed by atoms with E-state index in [4.69, 9.17) is 9.84 Å². The van der Waals surface area contributed by atoms with E-state index >= 15 is 0 Å². The lowest BCUT2D eigenvalue weighted by molar-refractivity contribution is -0.135. The summed E-state index contributed by atoms with van der Waals surface area (Å²) in [7, 11) is 0. The Kier molecular flexibility index (Phi) is 3.59. The molecule has 2 atom stereocenters. The molecule has 0 bridgehead atoms. The zero-order chi connectivity index (χ0) is 10.7. The maximum atomic E-state index is 11.9. The van der Waals surface area contributed by atoms with Crippen LogP contribution in [0.1, 0.15) is 32.1 Å². The minimum Gasteiger partial charge on any atom is -0.394 e. The van der Waals surface area contributed by atoms with Crippen LogP contribution >= 0.6 is 0 Å². The molecule has 0 radical (unpaired) electrons. The maximum Gasteiger partial charge on any atom is 0.225 e. The lowest BCUT2D eigenvalue weighted by atomic mass is 10.1. The van der Waals surface area contributed by atoms with Gasteiger partial charge < -0.3 is 14.7 Å². The summed E-state index contributed by atoms with van der Waals surface area (Å²) in [5, 5.41) is 9.12. The number of rotatable bonds is 3. The molecule has 2 fully saturated rings. The van der Waals surface area contributed by atoms with E-state index in [0.29, 0.717) is 6.42 Å². The molecular weight excluding hydrogens is 194 g/mol. The number of likely N-dealkylation sites (tertiary alicyclic amines) is 1. The van der Waals surface area contributed by atoms with Crippen LogP contribution in [0.15, 0.2) is 0 Å². The highest BCUT2D eigenvalue weighted by molar-refractivity contribution is 5.77. The Hall–Kier alpha value is -0.610. The zero-order valence-electron chi connectivity index (χ0n) is 9.02. The fourth-order valence-corrected chi connectivity index (χ4v) is 2.47. The van der Waals surface area contributed by atoms with E-state index in [9.17, 15) is 4.79 Å². The second-order valence-electron chi connectivity index (χ2n) is 4.40. The van der Waals surface area contributed by atoms with E-state index in [-0.39, 0.29) is 24.7 Å². The Balaban J connectivity index is 1.83. The van der Waals surface area contributed by atoms with Crippen molar-refractivity contribution in [2.24, 2.45) is 0 Å². The number of hydrogen-bond acceptors (Lipinski definition) is 3. The van der Waals surface area contributed by atoms with Crippen LogP contribution in [0.3, 0.4) is 0 Å². The van der Waals surface area contributed by atoms with E-state index in [1.807, 2.05) is 4.90 Å². The number of aliphatic hydroxyl groups excluding tert-OH is 1. The second-order valence-corrected chi connectivity index (χ2v) is 4.40. The van der Waals surface area contributed by atoms with Crippen LogP contribution in [0.4, 0.5) is 0 Å². The molecule has 1 amide bonds. The van der Waals surface area contributed by atoms with Gasteiger partial charge in [-0.1, -0.05) is 0 Å². The van der Waals surface area contributed by atoms with Gasteiger partial charge in [-0.05, 0) is 25.7 Å². The van der Waals surface area contributed by atoms with E-state index in [1.54, 1.807) is 0 Å². The van der Waals surface area contributed by atoms with Crippen LogP contribution in [0.25, 0.3) is 0 Å². The lowest BCUT2D eigenvalue weighted by Crippen LogP contribution is -2.39. The van der Waals surface area contributed by atoms with Gasteiger partial charge >= 0.3 is 0 Å². The van der Waals surface area contributed by atoms with Gasteiger partial charge in [0.1, 0.15) is 0 Å². The summed E-state index contributed by atoms with van der Waals surface area (Å²) in [6.45, 7) is 1.69. The number of hydrogen-bond donors (Lipinski definition) is 1. The van der Waals surface area contributed by atoms with Crippen molar-refractivity contribution in [1.82, 2.24) is 4.90 Å². The Morgan fingerprint density at radius 2 is 2.27 bits per heavy atom. The molecule has 2 unspecified atom stereocenters. The number of ether oxygens (including phenoxy) is 1. The third-order valence-electron chi connectivity index (χ3n) is 3.33. The van der Waals surface area contributed by atoms with Gasteiger partial charge in [0.15, 0.2) is 0 Å². The lowest BCUT2D eigenvalue weighted by Gasteiger charge is -2.24. The molecule has 2 saturated heterocycles. The Labute approximate surface area is 90.2 Å². The predicted octanol–water partition coefficient (Wildman–Crippen LogP) is 0.539. The summed E-state index contributed by atoms with van der Waals surface area (Å²) >= 11 is 0. The van der Waals surface area contributed by atoms with Crippen LogP contribution in [-0.2, 0) is 9.53 Å². The van der Waals surface area contributed by atoms with Gasteiger partial charge in [-0.25, -0.2) is 0 Å². The third-order valence-corrected chi connectivity index (χ3v) is 3.33. The third kappa shape index (κ3) is 2.49. The molecule has 4 nitrogen and oxygen atoms in total. The minimum atomic E-state index is 0.0545. The minimum absolute atomic E-state index is 0.0545. The fourth-order valence-electron chi connectivity index (χ4n) is 2.47. The van der Waals surface area contributed by atoms with Gasteiger partial charge in [0.05, 0.1) is 25.2 Å². The van der Waals surface area contributed by atoms with Crippen molar-refractivity contribution in [3.05, 3.63) is 0 Å². The molecule has 0 aromatic rings. The van der Waals surface area contributed by atoms with E-state index in [0.717, 1.165) is 38.8 Å². The molecule has 4 heteroatoms. The highest BCUT2D eigenvalue weighted by Gasteiger charge is 2.30. The summed E-state index contributed by atoms with van der Waals surface area (Å²) in [4.78, 5) is 13.7. The number of amides is 1. The van der Waals surface area contributed by atoms with Crippen molar-refractivity contribution in [1.29, 1.82) is 0 Å². The van der Waals surface area contributed by atoms with E-state index in [1.165, 1.54) is 0 Å². The van der Waals surface area contributed by atoms with Crippen molar-refractivity contribution >= 4 is 5.91 Å². The number of nitrogens with zero attached hydrogens (tertiary/aromatic N) is 1. The zero-order valence-corrected chi connectivity index (χ0v) is 9.02. The van der Waals surface area contributed by atoms with Crippen LogP contribution in [0.2, 0.25) is 0 Å². The standard InChI is InChI=1S/C11H19NO3/c13-8-9-3-1-5-12(9)11(14)7-10-4-2-6-15-10/h9-10,13H,1-8H2. The van der Waals surface area contributed by atoms with Gasteiger partial charge in [0.25, 0.3) is 0 Å². The van der Waals surface area contributed by atoms with Crippen molar-refractivity contribution < 1.29 is 14.6 Å². The quantitative estimate of drug-likeness (QED) is 0.744. The molecular formula is C11H19NO3. The molecule has 86 valence electrons. The first-order chi connectivity index (χ1) is 7.31. The van der Waals surface area contributed by atoms with Crippen molar-refractivity contribution in [2.75, 3.05) is 19.8 Å². The summed E-state index contributed by atoms with van der Waals surface area (Å²) < 4.78 is 5.44.